The molecule has 0 aliphatic rings. The number of rotatable bonds is 6. The molecular formula is C14H18N6O3S. The van der Waals surface area contributed by atoms with Crippen LogP contribution in [0.5, 0.6) is 5.75 Å². The van der Waals surface area contributed by atoms with E-state index < -0.39 is 17.2 Å². The molecule has 10 heteroatoms. The summed E-state index contributed by atoms with van der Waals surface area (Å²) in [5.74, 6) is 0.297. The highest BCUT2D eigenvalue weighted by Gasteiger charge is 2.20. The van der Waals surface area contributed by atoms with Crippen LogP contribution in [0.3, 0.4) is 0 Å². The summed E-state index contributed by atoms with van der Waals surface area (Å²) < 4.78 is 6.63. The quantitative estimate of drug-likeness (QED) is 0.748. The minimum absolute atomic E-state index is 0.421. The van der Waals surface area contributed by atoms with E-state index in [4.69, 9.17) is 4.74 Å². The number of hydrogen-bond donors (Lipinski definition) is 2. The number of methoxy groups -OCH3 is 1. The number of urea groups is 1. The van der Waals surface area contributed by atoms with Crippen LogP contribution in [0.4, 0.5) is 4.79 Å². The number of benzene rings is 1. The van der Waals surface area contributed by atoms with Gasteiger partial charge in [-0.15, -0.1) is 5.10 Å². The normalized spacial score (nSPS) is 11.6. The smallest absolute Gasteiger partial charge is 0.321 e. The summed E-state index contributed by atoms with van der Waals surface area (Å²) in [6.07, 6.45) is 0. The van der Waals surface area contributed by atoms with Crippen molar-refractivity contribution in [1.29, 1.82) is 0 Å². The van der Waals surface area contributed by atoms with Crippen LogP contribution in [0, 0.1) is 0 Å². The molecule has 1 aromatic carbocycles. The largest absolute Gasteiger partial charge is 0.497 e. The number of imide groups is 1. The fraction of sp³-hybridized carbons (Fsp3) is 0.357. The number of carbonyl (C=O) groups is 2. The molecule has 0 aliphatic carbocycles. The Labute approximate surface area is 143 Å². The maximum atomic E-state index is 12.0. The highest BCUT2D eigenvalue weighted by Crippen LogP contribution is 2.23. The average Bonchev–Trinajstić information content (AvgIpc) is 3.03. The molecule has 1 heterocycles. The van der Waals surface area contributed by atoms with Crippen molar-refractivity contribution in [3.05, 3.63) is 24.3 Å². The summed E-state index contributed by atoms with van der Waals surface area (Å²) in [7, 11) is 1.59. The van der Waals surface area contributed by atoms with E-state index in [1.54, 1.807) is 45.2 Å². The third-order valence-electron chi connectivity index (χ3n) is 2.98. The lowest BCUT2D eigenvalue weighted by Gasteiger charge is -2.11. The van der Waals surface area contributed by atoms with Gasteiger partial charge in [0.15, 0.2) is 0 Å². The Balaban J connectivity index is 2.06. The Bertz CT molecular complexity index is 703. The molecule has 0 aliphatic heterocycles. The van der Waals surface area contributed by atoms with Gasteiger partial charge in [0.1, 0.15) is 5.75 Å². The summed E-state index contributed by atoms with van der Waals surface area (Å²) in [6.45, 7) is 3.88. The van der Waals surface area contributed by atoms with Crippen molar-refractivity contribution >= 4 is 23.7 Å². The summed E-state index contributed by atoms with van der Waals surface area (Å²) in [4.78, 5) is 23.4. The number of thioether (sulfide) groups is 1. The van der Waals surface area contributed by atoms with Gasteiger partial charge in [-0.05, 0) is 48.5 Å². The summed E-state index contributed by atoms with van der Waals surface area (Å²) in [6, 6.07) is 6.66. The maximum Gasteiger partial charge on any atom is 0.321 e. The summed E-state index contributed by atoms with van der Waals surface area (Å²) >= 11 is 1.15. The molecular weight excluding hydrogens is 332 g/mol. The number of nitrogens with zero attached hydrogens (tertiary/aromatic N) is 4. The maximum absolute atomic E-state index is 12.0. The first-order valence-corrected chi connectivity index (χ1v) is 8.11. The molecule has 9 nitrogen and oxygen atoms in total. The molecule has 3 amide bonds. The highest BCUT2D eigenvalue weighted by molar-refractivity contribution is 8.00. The molecule has 0 bridgehead atoms. The molecule has 1 unspecified atom stereocenters. The Morgan fingerprint density at radius 2 is 2.04 bits per heavy atom. The van der Waals surface area contributed by atoms with Gasteiger partial charge in [0.25, 0.3) is 0 Å². The number of carbonyl (C=O) groups excluding carboxylic acids is 2. The Hall–Kier alpha value is -2.62. The molecule has 0 spiro atoms. The second kappa shape index (κ2) is 8.29. The fourth-order valence-corrected chi connectivity index (χ4v) is 2.58. The second-order valence-corrected chi connectivity index (χ2v) is 5.99. The predicted octanol–water partition coefficient (Wildman–Crippen LogP) is 0.997. The van der Waals surface area contributed by atoms with Crippen molar-refractivity contribution in [2.24, 2.45) is 0 Å². The monoisotopic (exact) mass is 350 g/mol. The van der Waals surface area contributed by atoms with Gasteiger partial charge in [-0.1, -0.05) is 11.8 Å². The Morgan fingerprint density at radius 1 is 1.33 bits per heavy atom. The van der Waals surface area contributed by atoms with Crippen LogP contribution in [0.1, 0.15) is 13.8 Å². The summed E-state index contributed by atoms with van der Waals surface area (Å²) in [5, 5.41) is 16.2. The number of ether oxygens (including phenoxy) is 1. The van der Waals surface area contributed by atoms with Gasteiger partial charge < -0.3 is 10.1 Å². The van der Waals surface area contributed by atoms with E-state index in [9.17, 15) is 9.59 Å². The Morgan fingerprint density at radius 3 is 2.67 bits per heavy atom. The highest BCUT2D eigenvalue weighted by atomic mass is 32.2. The molecule has 128 valence electrons. The van der Waals surface area contributed by atoms with Crippen LogP contribution in [0.25, 0.3) is 5.69 Å². The molecule has 0 saturated heterocycles. The van der Waals surface area contributed by atoms with E-state index in [1.807, 2.05) is 0 Å². The lowest BCUT2D eigenvalue weighted by Crippen LogP contribution is -2.42. The number of amides is 3. The second-order valence-electron chi connectivity index (χ2n) is 4.68. The van der Waals surface area contributed by atoms with Gasteiger partial charge in [0, 0.05) is 6.54 Å². The van der Waals surface area contributed by atoms with Gasteiger partial charge in [-0.25, -0.2) is 4.79 Å². The van der Waals surface area contributed by atoms with Crippen LogP contribution in [0.2, 0.25) is 0 Å². The third-order valence-corrected chi connectivity index (χ3v) is 4.02. The van der Waals surface area contributed by atoms with Gasteiger partial charge in [-0.3, -0.25) is 10.1 Å². The lowest BCUT2D eigenvalue weighted by molar-refractivity contribution is -0.119. The predicted molar refractivity (Wildman–Crippen MR) is 88.2 cm³/mol. The number of nitrogens with one attached hydrogen (secondary N) is 2. The topological polar surface area (TPSA) is 111 Å². The third kappa shape index (κ3) is 4.44. The SMILES string of the molecule is CCNC(=O)NC(=O)C(C)Sc1nnnn1-c1ccc(OC)cc1. The van der Waals surface area contributed by atoms with E-state index in [1.165, 1.54) is 4.68 Å². The van der Waals surface area contributed by atoms with Crippen molar-refractivity contribution in [3.8, 4) is 11.4 Å². The minimum Gasteiger partial charge on any atom is -0.497 e. The summed E-state index contributed by atoms with van der Waals surface area (Å²) in [5.41, 5.74) is 0.736. The van der Waals surface area contributed by atoms with Gasteiger partial charge in [0.05, 0.1) is 18.0 Å². The average molecular weight is 350 g/mol. The number of aromatic nitrogens is 4. The van der Waals surface area contributed by atoms with Crippen molar-refractivity contribution in [2.75, 3.05) is 13.7 Å². The standard InChI is InChI=1S/C14H18N6O3S/c1-4-15-13(22)16-12(21)9(2)24-14-17-18-19-20(14)10-5-7-11(23-3)8-6-10/h5-9H,4H2,1-3H3,(H2,15,16,21,22). The zero-order valence-corrected chi connectivity index (χ0v) is 14.3. The minimum atomic E-state index is -0.546. The number of tetrazole rings is 1. The molecule has 2 aromatic rings. The van der Waals surface area contributed by atoms with E-state index >= 15 is 0 Å². The van der Waals surface area contributed by atoms with E-state index in [0.29, 0.717) is 11.7 Å². The first-order valence-electron chi connectivity index (χ1n) is 7.23. The van der Waals surface area contributed by atoms with Crippen molar-refractivity contribution in [2.45, 2.75) is 24.3 Å². The van der Waals surface area contributed by atoms with Crippen molar-refractivity contribution in [1.82, 2.24) is 30.8 Å². The molecule has 1 atom stereocenters. The van der Waals surface area contributed by atoms with Crippen LogP contribution >= 0.6 is 11.8 Å². The fourth-order valence-electron chi connectivity index (χ4n) is 1.77. The number of hydrogen-bond acceptors (Lipinski definition) is 7. The van der Waals surface area contributed by atoms with Crippen molar-refractivity contribution in [3.63, 3.8) is 0 Å². The zero-order valence-electron chi connectivity index (χ0n) is 13.5. The molecule has 24 heavy (non-hydrogen) atoms. The molecule has 2 N–H and O–H groups in total. The zero-order chi connectivity index (χ0) is 17.5. The first kappa shape index (κ1) is 17.7. The molecule has 0 fully saturated rings. The van der Waals surface area contributed by atoms with Crippen molar-refractivity contribution < 1.29 is 14.3 Å². The van der Waals surface area contributed by atoms with E-state index in [0.717, 1.165) is 23.2 Å². The van der Waals surface area contributed by atoms with E-state index in [2.05, 4.69) is 26.2 Å². The molecule has 0 saturated carbocycles. The van der Waals surface area contributed by atoms with E-state index in [-0.39, 0.29) is 0 Å². The van der Waals surface area contributed by atoms with Gasteiger partial charge >= 0.3 is 6.03 Å². The molecule has 1 aromatic heterocycles. The Kier molecular flexibility index (Phi) is 6.13. The van der Waals surface area contributed by atoms with Crippen LogP contribution in [0.15, 0.2) is 29.4 Å². The van der Waals surface area contributed by atoms with Gasteiger partial charge in [0.2, 0.25) is 11.1 Å². The molecule has 2 rings (SSSR count). The first-order chi connectivity index (χ1) is 11.5. The van der Waals surface area contributed by atoms with Crippen LogP contribution < -0.4 is 15.4 Å². The van der Waals surface area contributed by atoms with Crippen LogP contribution in [-0.4, -0.2) is 51.1 Å². The molecule has 0 radical (unpaired) electrons. The lowest BCUT2D eigenvalue weighted by atomic mass is 10.3. The van der Waals surface area contributed by atoms with Crippen LogP contribution in [-0.2, 0) is 4.79 Å². The van der Waals surface area contributed by atoms with Gasteiger partial charge in [-0.2, -0.15) is 4.68 Å².